The Morgan fingerprint density at radius 3 is 2.53 bits per heavy atom. The zero-order valence-electron chi connectivity index (χ0n) is 11.5. The Balaban J connectivity index is 1.76. The number of rotatable bonds is 2. The Kier molecular flexibility index (Phi) is 2.77. The number of nitrogens with one attached hydrogen (secondary N) is 1. The lowest BCUT2D eigenvalue weighted by Gasteiger charge is -2.53. The van der Waals surface area contributed by atoms with Crippen LogP contribution in [-0.2, 0) is 4.74 Å². The molecule has 2 atom stereocenters. The molecule has 2 aliphatic heterocycles. The van der Waals surface area contributed by atoms with E-state index in [1.165, 1.54) is 25.8 Å². The van der Waals surface area contributed by atoms with Crippen molar-refractivity contribution in [1.29, 1.82) is 0 Å². The second-order valence-corrected chi connectivity index (χ2v) is 7.00. The van der Waals surface area contributed by atoms with Crippen molar-refractivity contribution in [2.24, 2.45) is 5.92 Å². The average molecular weight is 238 g/mol. The summed E-state index contributed by atoms with van der Waals surface area (Å²) in [5, 5.41) is 3.82. The predicted octanol–water partition coefficient (Wildman–Crippen LogP) is 1.63. The fourth-order valence-corrected chi connectivity index (χ4v) is 3.53. The van der Waals surface area contributed by atoms with Crippen molar-refractivity contribution in [1.82, 2.24) is 10.2 Å². The topological polar surface area (TPSA) is 24.5 Å². The van der Waals surface area contributed by atoms with Gasteiger partial charge < -0.3 is 10.1 Å². The summed E-state index contributed by atoms with van der Waals surface area (Å²) >= 11 is 0. The SMILES string of the molecule is CC1(C2CC2)CN(C2CCOC2)C(C)(C)CN1. The molecule has 0 spiro atoms. The number of piperazine rings is 1. The molecule has 2 saturated heterocycles. The predicted molar refractivity (Wildman–Crippen MR) is 69.1 cm³/mol. The summed E-state index contributed by atoms with van der Waals surface area (Å²) in [4.78, 5) is 2.72. The molecule has 2 heterocycles. The minimum Gasteiger partial charge on any atom is -0.380 e. The van der Waals surface area contributed by atoms with Gasteiger partial charge in [-0.1, -0.05) is 0 Å². The highest BCUT2D eigenvalue weighted by molar-refractivity contribution is 5.08. The van der Waals surface area contributed by atoms with E-state index in [-0.39, 0.29) is 5.54 Å². The highest BCUT2D eigenvalue weighted by Crippen LogP contribution is 2.43. The van der Waals surface area contributed by atoms with Crippen molar-refractivity contribution >= 4 is 0 Å². The molecule has 1 N–H and O–H groups in total. The summed E-state index contributed by atoms with van der Waals surface area (Å²) in [6, 6.07) is 0.644. The van der Waals surface area contributed by atoms with E-state index in [1.54, 1.807) is 0 Å². The maximum Gasteiger partial charge on any atom is 0.0622 e. The third kappa shape index (κ3) is 2.13. The maximum absolute atomic E-state index is 5.59. The van der Waals surface area contributed by atoms with Gasteiger partial charge in [0.05, 0.1) is 6.61 Å². The van der Waals surface area contributed by atoms with Gasteiger partial charge in [0.1, 0.15) is 0 Å². The minimum absolute atomic E-state index is 0.271. The minimum atomic E-state index is 0.271. The van der Waals surface area contributed by atoms with Crippen molar-refractivity contribution < 1.29 is 4.74 Å². The molecule has 3 aliphatic rings. The van der Waals surface area contributed by atoms with Gasteiger partial charge in [0, 0.05) is 36.8 Å². The van der Waals surface area contributed by atoms with E-state index in [0.717, 1.165) is 25.7 Å². The van der Waals surface area contributed by atoms with E-state index in [0.29, 0.717) is 11.6 Å². The van der Waals surface area contributed by atoms with Gasteiger partial charge in [-0.2, -0.15) is 0 Å². The standard InChI is InChI=1S/C14H26N2O/c1-13(2)9-15-14(3,11-4-5-11)10-16(13)12-6-7-17-8-12/h11-12,15H,4-10H2,1-3H3. The molecule has 3 rings (SSSR count). The molecule has 3 fully saturated rings. The number of nitrogens with zero attached hydrogens (tertiary/aromatic N) is 1. The van der Waals surface area contributed by atoms with Crippen molar-refractivity contribution in [2.75, 3.05) is 26.3 Å². The summed E-state index contributed by atoms with van der Waals surface area (Å²) in [6.07, 6.45) is 4.04. The Morgan fingerprint density at radius 2 is 1.94 bits per heavy atom. The lowest BCUT2D eigenvalue weighted by molar-refractivity contribution is -0.0119. The number of hydrogen-bond acceptors (Lipinski definition) is 3. The molecule has 0 aromatic heterocycles. The fourth-order valence-electron chi connectivity index (χ4n) is 3.53. The van der Waals surface area contributed by atoms with Crippen LogP contribution in [0.2, 0.25) is 0 Å². The van der Waals surface area contributed by atoms with E-state index in [9.17, 15) is 0 Å². The molecule has 3 heteroatoms. The van der Waals surface area contributed by atoms with Gasteiger partial charge in [0.15, 0.2) is 0 Å². The van der Waals surface area contributed by atoms with Crippen LogP contribution < -0.4 is 5.32 Å². The van der Waals surface area contributed by atoms with E-state index in [1.807, 2.05) is 0 Å². The van der Waals surface area contributed by atoms with Crippen LogP contribution in [0.15, 0.2) is 0 Å². The van der Waals surface area contributed by atoms with Crippen LogP contribution in [0.5, 0.6) is 0 Å². The van der Waals surface area contributed by atoms with E-state index in [2.05, 4.69) is 31.0 Å². The van der Waals surface area contributed by atoms with Gasteiger partial charge in [-0.05, 0) is 46.0 Å². The quantitative estimate of drug-likeness (QED) is 0.791. The van der Waals surface area contributed by atoms with Crippen LogP contribution >= 0.6 is 0 Å². The smallest absolute Gasteiger partial charge is 0.0622 e. The van der Waals surface area contributed by atoms with E-state index in [4.69, 9.17) is 4.74 Å². The summed E-state index contributed by atoms with van der Waals surface area (Å²) < 4.78 is 5.59. The molecular formula is C14H26N2O. The van der Waals surface area contributed by atoms with Gasteiger partial charge in [-0.25, -0.2) is 0 Å². The molecule has 1 saturated carbocycles. The van der Waals surface area contributed by atoms with Gasteiger partial charge in [-0.3, -0.25) is 4.90 Å². The summed E-state index contributed by atoms with van der Waals surface area (Å²) in [5.74, 6) is 0.906. The molecule has 0 radical (unpaired) electrons. The van der Waals surface area contributed by atoms with Crippen LogP contribution in [0.4, 0.5) is 0 Å². The van der Waals surface area contributed by atoms with E-state index >= 15 is 0 Å². The Labute approximate surface area is 105 Å². The molecule has 1 aliphatic carbocycles. The molecule has 0 aromatic carbocycles. The maximum atomic E-state index is 5.59. The normalized spacial score (nSPS) is 42.9. The van der Waals surface area contributed by atoms with Crippen LogP contribution in [0.3, 0.4) is 0 Å². The Bertz CT molecular complexity index is 295. The molecule has 0 amide bonds. The van der Waals surface area contributed by atoms with Crippen LogP contribution in [0.1, 0.15) is 40.0 Å². The molecule has 3 nitrogen and oxygen atoms in total. The average Bonchev–Trinajstić information content (AvgIpc) is 3.00. The summed E-state index contributed by atoms with van der Waals surface area (Å²) in [5.41, 5.74) is 0.616. The van der Waals surface area contributed by atoms with Crippen LogP contribution in [0, 0.1) is 5.92 Å². The molecular weight excluding hydrogens is 212 g/mol. The van der Waals surface area contributed by atoms with Crippen molar-refractivity contribution in [3.8, 4) is 0 Å². The first-order chi connectivity index (χ1) is 8.01. The Morgan fingerprint density at radius 1 is 1.18 bits per heavy atom. The molecule has 17 heavy (non-hydrogen) atoms. The summed E-state index contributed by atoms with van der Waals surface area (Å²) in [7, 11) is 0. The van der Waals surface area contributed by atoms with Crippen molar-refractivity contribution in [3.63, 3.8) is 0 Å². The number of ether oxygens (including phenoxy) is 1. The van der Waals surface area contributed by atoms with Gasteiger partial charge in [0.2, 0.25) is 0 Å². The zero-order chi connectivity index (χ0) is 12.1. The first-order valence-corrected chi connectivity index (χ1v) is 7.11. The third-order valence-corrected chi connectivity index (χ3v) is 5.03. The van der Waals surface area contributed by atoms with Crippen molar-refractivity contribution in [3.05, 3.63) is 0 Å². The molecule has 2 unspecified atom stereocenters. The van der Waals surface area contributed by atoms with Crippen LogP contribution in [0.25, 0.3) is 0 Å². The highest BCUT2D eigenvalue weighted by atomic mass is 16.5. The monoisotopic (exact) mass is 238 g/mol. The van der Waals surface area contributed by atoms with Crippen molar-refractivity contribution in [2.45, 2.75) is 57.2 Å². The van der Waals surface area contributed by atoms with E-state index < -0.39 is 0 Å². The molecule has 98 valence electrons. The Hall–Kier alpha value is -0.120. The lowest BCUT2D eigenvalue weighted by atomic mass is 9.85. The van der Waals surface area contributed by atoms with Gasteiger partial charge >= 0.3 is 0 Å². The second-order valence-electron chi connectivity index (χ2n) is 7.00. The second kappa shape index (κ2) is 3.94. The largest absolute Gasteiger partial charge is 0.380 e. The zero-order valence-corrected chi connectivity index (χ0v) is 11.5. The molecule has 0 bridgehead atoms. The third-order valence-electron chi connectivity index (χ3n) is 5.03. The fraction of sp³-hybridized carbons (Fsp3) is 1.00. The lowest BCUT2D eigenvalue weighted by Crippen LogP contribution is -2.70. The molecule has 0 aromatic rings. The summed E-state index contributed by atoms with van der Waals surface area (Å²) in [6.45, 7) is 11.3. The van der Waals surface area contributed by atoms with Gasteiger partial charge in [-0.15, -0.1) is 0 Å². The van der Waals surface area contributed by atoms with Crippen LogP contribution in [-0.4, -0.2) is 48.3 Å². The highest BCUT2D eigenvalue weighted by Gasteiger charge is 2.49. The first kappa shape index (κ1) is 11.9. The first-order valence-electron chi connectivity index (χ1n) is 7.11. The van der Waals surface area contributed by atoms with Gasteiger partial charge in [0.25, 0.3) is 0 Å². The number of hydrogen-bond donors (Lipinski definition) is 1.